The number of sulfonamides is 1. The second kappa shape index (κ2) is 9.54. The monoisotopic (exact) mass is 478 g/mol. The van der Waals surface area contributed by atoms with Crippen LogP contribution in [0.4, 0.5) is 14.5 Å². The van der Waals surface area contributed by atoms with Gasteiger partial charge in [0.05, 0.1) is 16.2 Å². The Hall–Kier alpha value is -2.89. The largest absolute Gasteiger partial charge is 0.382 e. The fourth-order valence-corrected chi connectivity index (χ4v) is 5.32. The molecule has 1 fully saturated rings. The van der Waals surface area contributed by atoms with E-state index in [-0.39, 0.29) is 28.3 Å². The minimum Gasteiger partial charge on any atom is -0.382 e. The number of nitrogens with one attached hydrogen (secondary N) is 1. The zero-order valence-electron chi connectivity index (χ0n) is 18.0. The number of hydrogen-bond acceptors (Lipinski definition) is 6. The van der Waals surface area contributed by atoms with Crippen LogP contribution in [0.5, 0.6) is 0 Å². The molecular weight excluding hydrogens is 454 g/mol. The molecule has 176 valence electrons. The van der Waals surface area contributed by atoms with E-state index in [1.807, 2.05) is 7.05 Å². The molecule has 0 bridgehead atoms. The number of hydrogen-bond donors (Lipinski definition) is 1. The van der Waals surface area contributed by atoms with Gasteiger partial charge in [-0.1, -0.05) is 17.3 Å². The summed E-state index contributed by atoms with van der Waals surface area (Å²) in [6.07, 6.45) is -0.487. The Labute approximate surface area is 190 Å². The molecule has 2 heterocycles. The molecule has 1 N–H and O–H groups in total. The summed E-state index contributed by atoms with van der Waals surface area (Å²) in [7, 11) is -1.77. The van der Waals surface area contributed by atoms with Crippen molar-refractivity contribution < 1.29 is 26.8 Å². The zero-order chi connectivity index (χ0) is 23.6. The van der Waals surface area contributed by atoms with Crippen molar-refractivity contribution in [3.63, 3.8) is 0 Å². The first-order valence-electron chi connectivity index (χ1n) is 10.5. The van der Waals surface area contributed by atoms with Crippen LogP contribution < -0.4 is 5.32 Å². The van der Waals surface area contributed by atoms with E-state index < -0.39 is 33.7 Å². The minimum atomic E-state index is -3.72. The lowest BCUT2D eigenvalue weighted by Crippen LogP contribution is -2.34. The van der Waals surface area contributed by atoms with Gasteiger partial charge in [-0.3, -0.25) is 4.79 Å². The van der Waals surface area contributed by atoms with E-state index in [9.17, 15) is 22.0 Å². The van der Waals surface area contributed by atoms with Gasteiger partial charge in [0.25, 0.3) is 5.91 Å². The molecule has 0 radical (unpaired) electrons. The first-order valence-corrected chi connectivity index (χ1v) is 12.0. The van der Waals surface area contributed by atoms with Gasteiger partial charge in [-0.15, -0.1) is 0 Å². The van der Waals surface area contributed by atoms with E-state index >= 15 is 0 Å². The van der Waals surface area contributed by atoms with Gasteiger partial charge >= 0.3 is 0 Å². The molecule has 2 aliphatic rings. The molecule has 1 saturated heterocycles. The highest BCUT2D eigenvalue weighted by Crippen LogP contribution is 2.24. The summed E-state index contributed by atoms with van der Waals surface area (Å²) in [5, 5.41) is 6.28. The molecule has 1 unspecified atom stereocenters. The highest BCUT2D eigenvalue weighted by Gasteiger charge is 2.32. The number of anilines is 1. The van der Waals surface area contributed by atoms with Crippen molar-refractivity contribution in [2.24, 2.45) is 5.16 Å². The summed E-state index contributed by atoms with van der Waals surface area (Å²) in [5.74, 6) is -2.19. The number of likely N-dealkylation sites (N-methyl/N-ethyl adjacent to an activating group) is 1. The average molecular weight is 479 g/mol. The minimum absolute atomic E-state index is 0.00629. The van der Waals surface area contributed by atoms with Crippen molar-refractivity contribution >= 4 is 27.3 Å². The fourth-order valence-electron chi connectivity index (χ4n) is 3.81. The van der Waals surface area contributed by atoms with Crippen molar-refractivity contribution in [2.45, 2.75) is 23.8 Å². The van der Waals surface area contributed by atoms with Crippen molar-refractivity contribution in [2.75, 3.05) is 38.5 Å². The number of halogens is 2. The topological polar surface area (TPSA) is 91.3 Å². The maximum atomic E-state index is 14.0. The van der Waals surface area contributed by atoms with Crippen LogP contribution in [0.15, 0.2) is 52.5 Å². The Kier molecular flexibility index (Phi) is 6.73. The maximum absolute atomic E-state index is 14.0. The van der Waals surface area contributed by atoms with Crippen molar-refractivity contribution in [1.29, 1.82) is 0 Å². The molecule has 0 aliphatic carbocycles. The lowest BCUT2D eigenvalue weighted by Gasteiger charge is -2.20. The molecule has 4 rings (SSSR count). The SMILES string of the molecule is CN1CCCN(S(=O)(=O)c2cccc(NC(=O)C3CC(c4c(F)cccc4F)=NO3)c2)CC1. The normalized spacial score (nSPS) is 20.1. The molecule has 1 amide bonds. The number of amides is 1. The Balaban J connectivity index is 1.44. The molecule has 0 saturated carbocycles. The summed E-state index contributed by atoms with van der Waals surface area (Å²) >= 11 is 0. The molecule has 2 aliphatic heterocycles. The van der Waals surface area contributed by atoms with E-state index in [2.05, 4.69) is 15.4 Å². The number of oxime groups is 1. The summed E-state index contributed by atoms with van der Waals surface area (Å²) in [6, 6.07) is 9.40. The van der Waals surface area contributed by atoms with E-state index in [0.29, 0.717) is 19.6 Å². The van der Waals surface area contributed by atoms with E-state index in [0.717, 1.165) is 25.1 Å². The molecule has 8 nitrogen and oxygen atoms in total. The number of carbonyl (C=O) groups is 1. The Morgan fingerprint density at radius 3 is 2.58 bits per heavy atom. The van der Waals surface area contributed by atoms with Crippen LogP contribution in [0.2, 0.25) is 0 Å². The number of rotatable bonds is 5. The third-order valence-corrected chi connectivity index (χ3v) is 7.53. The lowest BCUT2D eigenvalue weighted by molar-refractivity contribution is -0.125. The van der Waals surface area contributed by atoms with Gasteiger partial charge < -0.3 is 15.1 Å². The molecule has 2 aromatic rings. The van der Waals surface area contributed by atoms with Gasteiger partial charge in [0.1, 0.15) is 11.6 Å². The highest BCUT2D eigenvalue weighted by molar-refractivity contribution is 7.89. The van der Waals surface area contributed by atoms with E-state index in [4.69, 9.17) is 4.84 Å². The van der Waals surface area contributed by atoms with Crippen LogP contribution in [0.25, 0.3) is 0 Å². The van der Waals surface area contributed by atoms with Crippen LogP contribution >= 0.6 is 0 Å². The van der Waals surface area contributed by atoms with Crippen LogP contribution in [-0.4, -0.2) is 68.6 Å². The second-order valence-corrected chi connectivity index (χ2v) is 9.95. The third kappa shape index (κ3) is 5.05. The summed E-state index contributed by atoms with van der Waals surface area (Å²) in [4.78, 5) is 19.9. The first kappa shape index (κ1) is 23.3. The summed E-state index contributed by atoms with van der Waals surface area (Å²) < 4.78 is 55.6. The van der Waals surface area contributed by atoms with Crippen molar-refractivity contribution in [1.82, 2.24) is 9.21 Å². The average Bonchev–Trinajstić information content (AvgIpc) is 3.15. The van der Waals surface area contributed by atoms with Crippen molar-refractivity contribution in [3.05, 3.63) is 59.7 Å². The van der Waals surface area contributed by atoms with Gasteiger partial charge in [0.15, 0.2) is 0 Å². The number of carbonyl (C=O) groups excluding carboxylic acids is 1. The first-order chi connectivity index (χ1) is 15.8. The van der Waals surface area contributed by atoms with E-state index in [1.165, 1.54) is 22.5 Å². The van der Waals surface area contributed by atoms with Crippen molar-refractivity contribution in [3.8, 4) is 0 Å². The third-order valence-electron chi connectivity index (χ3n) is 5.63. The smallest absolute Gasteiger partial charge is 0.268 e. The quantitative estimate of drug-likeness (QED) is 0.713. The van der Waals surface area contributed by atoms with Gasteiger partial charge in [0, 0.05) is 31.7 Å². The predicted molar refractivity (Wildman–Crippen MR) is 118 cm³/mol. The number of nitrogens with zero attached hydrogens (tertiary/aromatic N) is 3. The van der Waals surface area contributed by atoms with Gasteiger partial charge in [-0.05, 0) is 50.3 Å². The molecular formula is C22H24F2N4O4S. The van der Waals surface area contributed by atoms with Gasteiger partial charge in [0.2, 0.25) is 16.1 Å². The highest BCUT2D eigenvalue weighted by atomic mass is 32.2. The Morgan fingerprint density at radius 2 is 1.82 bits per heavy atom. The number of benzene rings is 2. The van der Waals surface area contributed by atoms with Crippen LogP contribution in [0, 0.1) is 11.6 Å². The van der Waals surface area contributed by atoms with Crippen LogP contribution in [-0.2, 0) is 19.7 Å². The predicted octanol–water partition coefficient (Wildman–Crippen LogP) is 2.42. The Morgan fingerprint density at radius 1 is 1.09 bits per heavy atom. The molecule has 0 aromatic heterocycles. The molecule has 2 aromatic carbocycles. The van der Waals surface area contributed by atoms with E-state index in [1.54, 1.807) is 12.1 Å². The zero-order valence-corrected chi connectivity index (χ0v) is 18.8. The molecule has 33 heavy (non-hydrogen) atoms. The van der Waals surface area contributed by atoms with Crippen LogP contribution in [0.3, 0.4) is 0 Å². The molecule has 11 heteroatoms. The Bertz CT molecular complexity index is 1170. The van der Waals surface area contributed by atoms with Gasteiger partial charge in [-0.2, -0.15) is 4.31 Å². The lowest BCUT2D eigenvalue weighted by atomic mass is 10.0. The van der Waals surface area contributed by atoms with Crippen LogP contribution in [0.1, 0.15) is 18.4 Å². The molecule has 0 spiro atoms. The fraction of sp³-hybridized carbons (Fsp3) is 0.364. The molecule has 1 atom stereocenters. The maximum Gasteiger partial charge on any atom is 0.268 e. The summed E-state index contributed by atoms with van der Waals surface area (Å²) in [6.45, 7) is 2.27. The van der Waals surface area contributed by atoms with Gasteiger partial charge in [-0.25, -0.2) is 17.2 Å². The summed E-state index contributed by atoms with van der Waals surface area (Å²) in [5.41, 5.74) is -0.0701. The standard InChI is InChI=1S/C22H24F2N4O4S/c1-27-9-4-10-28(12-11-27)33(30,31)16-6-2-5-15(13-16)25-22(29)20-14-19(26-32-20)21-17(23)7-3-8-18(21)24/h2-3,5-8,13,20H,4,9-12,14H2,1H3,(H,25,29). The second-order valence-electron chi connectivity index (χ2n) is 8.01.